The summed E-state index contributed by atoms with van der Waals surface area (Å²) in [7, 11) is 0. The van der Waals surface area contributed by atoms with Crippen LogP contribution in [-0.2, 0) is 4.79 Å². The molecule has 0 unspecified atom stereocenters. The summed E-state index contributed by atoms with van der Waals surface area (Å²) in [4.78, 5) is 30.5. The molecule has 0 atom stereocenters. The lowest BCUT2D eigenvalue weighted by molar-refractivity contribution is -0.114. The quantitative estimate of drug-likeness (QED) is 0.894. The number of carbonyl (C=O) groups excluding carboxylic acids is 2. The van der Waals surface area contributed by atoms with Gasteiger partial charge in [0.2, 0.25) is 5.91 Å². The van der Waals surface area contributed by atoms with E-state index in [1.165, 1.54) is 37.4 Å². The van der Waals surface area contributed by atoms with Crippen LogP contribution in [0.15, 0.2) is 36.7 Å². The van der Waals surface area contributed by atoms with Crippen LogP contribution in [0.25, 0.3) is 0 Å². The fraction of sp³-hybridized carbons (Fsp3) is 0.0769. The molecule has 2 heterocycles. The van der Waals surface area contributed by atoms with Gasteiger partial charge < -0.3 is 10.6 Å². The smallest absolute Gasteiger partial charge is 0.257 e. The summed E-state index contributed by atoms with van der Waals surface area (Å²) < 4.78 is 12.7. The molecule has 2 aromatic heterocycles. The van der Waals surface area contributed by atoms with Crippen LogP contribution in [0.4, 0.5) is 16.0 Å². The summed E-state index contributed by atoms with van der Waals surface area (Å²) in [5.74, 6) is -0.695. The Bertz CT molecular complexity index is 643. The Hall–Kier alpha value is -2.83. The van der Waals surface area contributed by atoms with Gasteiger partial charge in [0.1, 0.15) is 17.5 Å². The second-order valence-electron chi connectivity index (χ2n) is 3.93. The number of rotatable bonds is 3. The van der Waals surface area contributed by atoms with Gasteiger partial charge in [-0.1, -0.05) is 0 Å². The molecule has 20 heavy (non-hydrogen) atoms. The topological polar surface area (TPSA) is 84.0 Å². The number of halogens is 1. The number of anilines is 2. The molecule has 0 fully saturated rings. The molecule has 0 radical (unpaired) electrons. The standard InChI is InChI=1S/C13H11FN4O2/c1-8(19)17-12-6-9(4-5-15-12)13(20)18-11-3-2-10(14)7-16-11/h2-7H,1H3,(H,15,17,19)(H,16,18,20). The average Bonchev–Trinajstić information content (AvgIpc) is 2.41. The third-order valence-corrected chi connectivity index (χ3v) is 2.30. The average molecular weight is 274 g/mol. The molecule has 0 saturated carbocycles. The highest BCUT2D eigenvalue weighted by Crippen LogP contribution is 2.10. The lowest BCUT2D eigenvalue weighted by Crippen LogP contribution is -2.14. The lowest BCUT2D eigenvalue weighted by Gasteiger charge is -2.06. The van der Waals surface area contributed by atoms with E-state index in [0.29, 0.717) is 5.56 Å². The van der Waals surface area contributed by atoms with Crippen LogP contribution < -0.4 is 10.6 Å². The molecule has 2 aromatic rings. The largest absolute Gasteiger partial charge is 0.311 e. The van der Waals surface area contributed by atoms with E-state index in [9.17, 15) is 14.0 Å². The fourth-order valence-corrected chi connectivity index (χ4v) is 1.46. The first-order valence-electron chi connectivity index (χ1n) is 5.71. The van der Waals surface area contributed by atoms with E-state index < -0.39 is 11.7 Å². The second kappa shape index (κ2) is 5.87. The van der Waals surface area contributed by atoms with E-state index in [1.54, 1.807) is 0 Å². The SMILES string of the molecule is CC(=O)Nc1cc(C(=O)Nc2ccc(F)cn2)ccn1. The maximum atomic E-state index is 12.7. The molecule has 7 heteroatoms. The summed E-state index contributed by atoms with van der Waals surface area (Å²) in [5, 5.41) is 4.98. The molecule has 0 aliphatic rings. The van der Waals surface area contributed by atoms with Crippen LogP contribution >= 0.6 is 0 Å². The minimum Gasteiger partial charge on any atom is -0.311 e. The van der Waals surface area contributed by atoms with E-state index in [2.05, 4.69) is 20.6 Å². The Morgan fingerprint density at radius 2 is 1.90 bits per heavy atom. The number of hydrogen-bond acceptors (Lipinski definition) is 4. The molecular formula is C13H11FN4O2. The summed E-state index contributed by atoms with van der Waals surface area (Å²) in [6, 6.07) is 5.46. The van der Waals surface area contributed by atoms with Crippen molar-refractivity contribution >= 4 is 23.5 Å². The number of nitrogens with one attached hydrogen (secondary N) is 2. The highest BCUT2D eigenvalue weighted by atomic mass is 19.1. The van der Waals surface area contributed by atoms with Crippen molar-refractivity contribution in [2.24, 2.45) is 0 Å². The van der Waals surface area contributed by atoms with Gasteiger partial charge in [0.15, 0.2) is 0 Å². The first kappa shape index (κ1) is 13.6. The zero-order valence-corrected chi connectivity index (χ0v) is 10.6. The summed E-state index contributed by atoms with van der Waals surface area (Å²) >= 11 is 0. The van der Waals surface area contributed by atoms with Gasteiger partial charge in [-0.3, -0.25) is 9.59 Å². The van der Waals surface area contributed by atoms with Gasteiger partial charge in [0.05, 0.1) is 6.20 Å². The summed E-state index contributed by atoms with van der Waals surface area (Å²) in [5.41, 5.74) is 0.301. The maximum absolute atomic E-state index is 12.7. The van der Waals surface area contributed by atoms with Gasteiger partial charge >= 0.3 is 0 Å². The van der Waals surface area contributed by atoms with Crippen molar-refractivity contribution in [3.05, 3.63) is 48.0 Å². The number of aromatic nitrogens is 2. The molecule has 102 valence electrons. The van der Waals surface area contributed by atoms with E-state index in [0.717, 1.165) is 6.20 Å². The van der Waals surface area contributed by atoms with Gasteiger partial charge in [0.25, 0.3) is 5.91 Å². The van der Waals surface area contributed by atoms with E-state index in [-0.39, 0.29) is 17.5 Å². The molecule has 0 aromatic carbocycles. The van der Waals surface area contributed by atoms with Crippen LogP contribution in [0.2, 0.25) is 0 Å². The molecule has 2 rings (SSSR count). The first-order chi connectivity index (χ1) is 9.54. The highest BCUT2D eigenvalue weighted by Gasteiger charge is 2.08. The van der Waals surface area contributed by atoms with E-state index in [1.807, 2.05) is 0 Å². The Kier molecular flexibility index (Phi) is 3.99. The van der Waals surface area contributed by atoms with Gasteiger partial charge in [-0.25, -0.2) is 14.4 Å². The van der Waals surface area contributed by atoms with Crippen LogP contribution in [0.5, 0.6) is 0 Å². The van der Waals surface area contributed by atoms with Crippen LogP contribution in [0.1, 0.15) is 17.3 Å². The van der Waals surface area contributed by atoms with Gasteiger partial charge in [-0.2, -0.15) is 0 Å². The zero-order valence-electron chi connectivity index (χ0n) is 10.6. The number of amides is 2. The Morgan fingerprint density at radius 1 is 1.10 bits per heavy atom. The van der Waals surface area contributed by atoms with Gasteiger partial charge in [0, 0.05) is 18.7 Å². The predicted molar refractivity (Wildman–Crippen MR) is 70.7 cm³/mol. The number of hydrogen-bond donors (Lipinski definition) is 2. The highest BCUT2D eigenvalue weighted by molar-refractivity contribution is 6.04. The minimum absolute atomic E-state index is 0.231. The molecule has 0 saturated heterocycles. The summed E-state index contributed by atoms with van der Waals surface area (Å²) in [6.07, 6.45) is 2.41. The van der Waals surface area contributed by atoms with Crippen molar-refractivity contribution in [1.29, 1.82) is 0 Å². The fourth-order valence-electron chi connectivity index (χ4n) is 1.46. The predicted octanol–water partition coefficient (Wildman–Crippen LogP) is 1.83. The Labute approximate surface area is 114 Å². The van der Waals surface area contributed by atoms with Crippen LogP contribution in [0.3, 0.4) is 0 Å². The number of carbonyl (C=O) groups is 2. The normalized spacial score (nSPS) is 9.90. The molecule has 2 amide bonds. The summed E-state index contributed by atoms with van der Waals surface area (Å²) in [6.45, 7) is 1.34. The van der Waals surface area contributed by atoms with Crippen molar-refractivity contribution in [1.82, 2.24) is 9.97 Å². The molecular weight excluding hydrogens is 263 g/mol. The van der Waals surface area contributed by atoms with Crippen molar-refractivity contribution < 1.29 is 14.0 Å². The molecule has 0 spiro atoms. The van der Waals surface area contributed by atoms with E-state index in [4.69, 9.17) is 0 Å². The molecule has 0 aliphatic heterocycles. The Balaban J connectivity index is 2.12. The van der Waals surface area contributed by atoms with Crippen molar-refractivity contribution in [2.75, 3.05) is 10.6 Å². The van der Waals surface area contributed by atoms with Crippen molar-refractivity contribution in [3.63, 3.8) is 0 Å². The van der Waals surface area contributed by atoms with Gasteiger partial charge in [-0.05, 0) is 24.3 Å². The minimum atomic E-state index is -0.486. The molecule has 6 nitrogen and oxygen atoms in total. The van der Waals surface area contributed by atoms with E-state index >= 15 is 0 Å². The third-order valence-electron chi connectivity index (χ3n) is 2.30. The van der Waals surface area contributed by atoms with Gasteiger partial charge in [-0.15, -0.1) is 0 Å². The van der Waals surface area contributed by atoms with Crippen LogP contribution in [0, 0.1) is 5.82 Å². The zero-order chi connectivity index (χ0) is 14.5. The lowest BCUT2D eigenvalue weighted by atomic mass is 10.2. The number of pyridine rings is 2. The second-order valence-corrected chi connectivity index (χ2v) is 3.93. The molecule has 2 N–H and O–H groups in total. The number of nitrogens with zero attached hydrogens (tertiary/aromatic N) is 2. The molecule has 0 bridgehead atoms. The Morgan fingerprint density at radius 3 is 2.55 bits per heavy atom. The molecule has 0 aliphatic carbocycles. The van der Waals surface area contributed by atoms with Crippen LogP contribution in [-0.4, -0.2) is 21.8 Å². The van der Waals surface area contributed by atoms with Crippen molar-refractivity contribution in [2.45, 2.75) is 6.92 Å². The monoisotopic (exact) mass is 274 g/mol. The third kappa shape index (κ3) is 3.58. The maximum Gasteiger partial charge on any atom is 0.257 e. The van der Waals surface area contributed by atoms with Crippen molar-refractivity contribution in [3.8, 4) is 0 Å². The first-order valence-corrected chi connectivity index (χ1v) is 5.71.